The molecule has 43 heavy (non-hydrogen) atoms. The summed E-state index contributed by atoms with van der Waals surface area (Å²) in [5.74, 6) is -0.432. The van der Waals surface area contributed by atoms with Gasteiger partial charge in [-0.15, -0.1) is 0 Å². The van der Waals surface area contributed by atoms with Gasteiger partial charge in [0.1, 0.15) is 12.7 Å². The minimum atomic E-state index is -4.05. The van der Waals surface area contributed by atoms with Crippen LogP contribution in [0.2, 0.25) is 0 Å². The summed E-state index contributed by atoms with van der Waals surface area (Å²) in [7, 11) is -2.52. The molecule has 0 radical (unpaired) electrons. The largest absolute Gasteiger partial charge is 0.444 e. The van der Waals surface area contributed by atoms with Gasteiger partial charge < -0.3 is 34.7 Å². The SMILES string of the molecule is COCCOCC(=O)Nc1ccc(S(=O)(=O)N(CC(C)C)C[C@@H](O)[C@H](Cc2ccccc2)NC(=O)O[C@H]2CCOC2)cc1. The Hall–Kier alpha value is -3.07. The molecule has 1 fully saturated rings. The zero-order chi connectivity index (χ0) is 31.2. The van der Waals surface area contributed by atoms with Gasteiger partial charge in [-0.3, -0.25) is 4.79 Å². The molecule has 1 heterocycles. The van der Waals surface area contributed by atoms with Crippen molar-refractivity contribution in [1.82, 2.24) is 9.62 Å². The number of aliphatic hydroxyl groups excluding tert-OH is 1. The minimum absolute atomic E-state index is 0.00269. The molecule has 1 aliphatic rings. The third-order valence-electron chi connectivity index (χ3n) is 6.63. The van der Waals surface area contributed by atoms with Crippen molar-refractivity contribution in [2.24, 2.45) is 5.92 Å². The first kappa shape index (κ1) is 34.4. The summed E-state index contributed by atoms with van der Waals surface area (Å²) in [6.45, 7) is 4.93. The van der Waals surface area contributed by atoms with Gasteiger partial charge in [0.2, 0.25) is 15.9 Å². The molecule has 1 saturated heterocycles. The first-order valence-electron chi connectivity index (χ1n) is 14.3. The number of benzene rings is 2. The number of carbonyl (C=O) groups is 2. The maximum absolute atomic E-state index is 13.7. The molecule has 1 aliphatic heterocycles. The van der Waals surface area contributed by atoms with Gasteiger partial charge in [-0.1, -0.05) is 44.2 Å². The Labute approximate surface area is 253 Å². The molecule has 0 saturated carbocycles. The van der Waals surface area contributed by atoms with Crippen molar-refractivity contribution in [3.05, 3.63) is 60.2 Å². The first-order chi connectivity index (χ1) is 20.6. The molecule has 2 aromatic rings. The van der Waals surface area contributed by atoms with Crippen LogP contribution in [-0.4, -0.2) is 101 Å². The van der Waals surface area contributed by atoms with Crippen LogP contribution in [0.4, 0.5) is 10.5 Å². The number of aliphatic hydroxyl groups is 1. The molecule has 3 atom stereocenters. The number of amides is 2. The van der Waals surface area contributed by atoms with Gasteiger partial charge in [-0.2, -0.15) is 4.31 Å². The lowest BCUT2D eigenvalue weighted by atomic mass is 10.0. The van der Waals surface area contributed by atoms with E-state index >= 15 is 0 Å². The lowest BCUT2D eigenvalue weighted by Crippen LogP contribution is -2.51. The fourth-order valence-corrected chi connectivity index (χ4v) is 6.09. The number of ether oxygens (including phenoxy) is 4. The monoisotopic (exact) mass is 621 g/mol. The molecular weight excluding hydrogens is 578 g/mol. The van der Waals surface area contributed by atoms with Crippen molar-refractivity contribution in [3.8, 4) is 0 Å². The number of hydrogen-bond donors (Lipinski definition) is 3. The Bertz CT molecular complexity index is 1240. The number of rotatable bonds is 17. The third kappa shape index (κ3) is 11.5. The second-order valence-electron chi connectivity index (χ2n) is 10.7. The molecule has 3 rings (SSSR count). The molecule has 238 valence electrons. The van der Waals surface area contributed by atoms with Crippen molar-refractivity contribution in [3.63, 3.8) is 0 Å². The van der Waals surface area contributed by atoms with Crippen molar-refractivity contribution in [2.75, 3.05) is 58.6 Å². The number of hydrogen-bond acceptors (Lipinski definition) is 9. The maximum Gasteiger partial charge on any atom is 0.407 e. The number of methoxy groups -OCH3 is 1. The molecule has 2 aromatic carbocycles. The summed E-state index contributed by atoms with van der Waals surface area (Å²) in [6, 6.07) is 14.3. The predicted octanol–water partition coefficient (Wildman–Crippen LogP) is 2.42. The average Bonchev–Trinajstić information content (AvgIpc) is 3.48. The van der Waals surface area contributed by atoms with Gasteiger partial charge in [0.05, 0.1) is 43.5 Å². The highest BCUT2D eigenvalue weighted by Crippen LogP contribution is 2.21. The van der Waals surface area contributed by atoms with E-state index in [9.17, 15) is 23.1 Å². The van der Waals surface area contributed by atoms with Crippen molar-refractivity contribution in [2.45, 2.75) is 49.8 Å². The van der Waals surface area contributed by atoms with Crippen molar-refractivity contribution in [1.29, 1.82) is 0 Å². The second kappa shape index (κ2) is 17.3. The maximum atomic E-state index is 13.7. The van der Waals surface area contributed by atoms with Crippen LogP contribution in [0.1, 0.15) is 25.8 Å². The fourth-order valence-electron chi connectivity index (χ4n) is 4.47. The predicted molar refractivity (Wildman–Crippen MR) is 160 cm³/mol. The Balaban J connectivity index is 1.72. The zero-order valence-corrected chi connectivity index (χ0v) is 25.8. The van der Waals surface area contributed by atoms with Gasteiger partial charge in [-0.25, -0.2) is 13.2 Å². The highest BCUT2D eigenvalue weighted by atomic mass is 32.2. The average molecular weight is 622 g/mol. The molecule has 12 nitrogen and oxygen atoms in total. The van der Waals surface area contributed by atoms with E-state index in [0.717, 1.165) is 5.56 Å². The number of alkyl carbamates (subject to hydrolysis) is 1. The van der Waals surface area contributed by atoms with Gasteiger partial charge >= 0.3 is 6.09 Å². The van der Waals surface area contributed by atoms with Crippen LogP contribution >= 0.6 is 0 Å². The molecular formula is C30H43N3O9S. The highest BCUT2D eigenvalue weighted by molar-refractivity contribution is 7.89. The van der Waals surface area contributed by atoms with E-state index in [1.807, 2.05) is 44.2 Å². The Morgan fingerprint density at radius 3 is 2.42 bits per heavy atom. The van der Waals surface area contributed by atoms with Crippen LogP contribution in [0.15, 0.2) is 59.5 Å². The van der Waals surface area contributed by atoms with Gasteiger partial charge in [0, 0.05) is 32.3 Å². The molecule has 0 bridgehead atoms. The molecule has 0 unspecified atom stereocenters. The third-order valence-corrected chi connectivity index (χ3v) is 8.47. The number of anilines is 1. The Morgan fingerprint density at radius 1 is 1.07 bits per heavy atom. The van der Waals surface area contributed by atoms with Crippen LogP contribution in [0.25, 0.3) is 0 Å². The van der Waals surface area contributed by atoms with E-state index in [-0.39, 0.29) is 55.5 Å². The van der Waals surface area contributed by atoms with E-state index in [1.54, 1.807) is 0 Å². The standard InChI is InChI=1S/C30H43N3O9S/c1-22(2)18-33(43(37,38)26-11-9-24(10-12-26)31-29(35)21-41-16-15-39-3)19-28(34)27(17-23-7-5-4-6-8-23)32-30(36)42-25-13-14-40-20-25/h4-12,22,25,27-28,34H,13-21H2,1-3H3,(H,31,35)(H,32,36)/t25-,27-,28+/m0/s1. The molecule has 0 aliphatic carbocycles. The lowest BCUT2D eigenvalue weighted by Gasteiger charge is -2.30. The number of carbonyl (C=O) groups excluding carboxylic acids is 2. The summed E-state index contributed by atoms with van der Waals surface area (Å²) in [5.41, 5.74) is 1.27. The van der Waals surface area contributed by atoms with Crippen LogP contribution in [0.3, 0.4) is 0 Å². The summed E-state index contributed by atoms with van der Waals surface area (Å²) in [5, 5.41) is 16.8. The van der Waals surface area contributed by atoms with Crippen LogP contribution in [-0.2, 0) is 40.2 Å². The number of nitrogens with zero attached hydrogens (tertiary/aromatic N) is 1. The summed E-state index contributed by atoms with van der Waals surface area (Å²) in [6.07, 6.45) is -1.47. The van der Waals surface area contributed by atoms with Gasteiger partial charge in [0.25, 0.3) is 0 Å². The molecule has 0 aromatic heterocycles. The topological polar surface area (TPSA) is 153 Å². The Morgan fingerprint density at radius 2 is 1.79 bits per heavy atom. The van der Waals surface area contributed by atoms with E-state index in [2.05, 4.69) is 10.6 Å². The summed E-state index contributed by atoms with van der Waals surface area (Å²) >= 11 is 0. The zero-order valence-electron chi connectivity index (χ0n) is 24.9. The van der Waals surface area contributed by atoms with E-state index < -0.39 is 28.3 Å². The van der Waals surface area contributed by atoms with E-state index in [1.165, 1.54) is 35.7 Å². The number of nitrogens with one attached hydrogen (secondary N) is 2. The van der Waals surface area contributed by atoms with E-state index in [0.29, 0.717) is 31.9 Å². The van der Waals surface area contributed by atoms with Crippen LogP contribution in [0.5, 0.6) is 0 Å². The lowest BCUT2D eigenvalue weighted by molar-refractivity contribution is -0.121. The normalized spacial score (nSPS) is 16.7. The van der Waals surface area contributed by atoms with Crippen molar-refractivity contribution >= 4 is 27.7 Å². The van der Waals surface area contributed by atoms with Crippen LogP contribution in [0, 0.1) is 5.92 Å². The molecule has 3 N–H and O–H groups in total. The van der Waals surface area contributed by atoms with Crippen LogP contribution < -0.4 is 10.6 Å². The molecule has 2 amide bonds. The van der Waals surface area contributed by atoms with E-state index in [4.69, 9.17) is 18.9 Å². The smallest absolute Gasteiger partial charge is 0.407 e. The van der Waals surface area contributed by atoms with Gasteiger partial charge in [-0.05, 0) is 42.2 Å². The quantitative estimate of drug-likeness (QED) is 0.226. The van der Waals surface area contributed by atoms with Gasteiger partial charge in [0.15, 0.2) is 0 Å². The minimum Gasteiger partial charge on any atom is -0.444 e. The first-order valence-corrected chi connectivity index (χ1v) is 15.8. The van der Waals surface area contributed by atoms with Crippen molar-refractivity contribution < 1.29 is 42.1 Å². The fraction of sp³-hybridized carbons (Fsp3) is 0.533. The summed E-state index contributed by atoms with van der Waals surface area (Å²) < 4.78 is 49.5. The molecule has 13 heteroatoms. The summed E-state index contributed by atoms with van der Waals surface area (Å²) in [4.78, 5) is 24.8. The second-order valence-corrected chi connectivity index (χ2v) is 12.7. The molecule has 0 spiro atoms. The Kier molecular flexibility index (Phi) is 13.8. The number of sulfonamides is 1. The highest BCUT2D eigenvalue weighted by Gasteiger charge is 2.32.